The molecule has 0 aromatic rings. The highest BCUT2D eigenvalue weighted by Gasteiger charge is 2.38. The number of rotatable bonds is 4. The number of ether oxygens (including phenoxy) is 2. The first-order chi connectivity index (χ1) is 7.31. The SMILES string of the molecule is CCCCOC(=O)[C@@H]1O[C@@H]2C=C[C@H]1CC2. The molecule has 1 aliphatic carbocycles. The summed E-state index contributed by atoms with van der Waals surface area (Å²) < 4.78 is 10.8. The third kappa shape index (κ3) is 2.40. The molecule has 2 bridgehead atoms. The Morgan fingerprint density at radius 3 is 2.87 bits per heavy atom. The summed E-state index contributed by atoms with van der Waals surface area (Å²) in [6.45, 7) is 2.60. The molecule has 3 heteroatoms. The minimum absolute atomic E-state index is 0.138. The first-order valence-corrected chi connectivity index (χ1v) is 5.81. The molecule has 2 aliphatic heterocycles. The Labute approximate surface area is 90.4 Å². The van der Waals surface area contributed by atoms with E-state index in [1.807, 2.05) is 0 Å². The van der Waals surface area contributed by atoms with E-state index in [1.54, 1.807) is 0 Å². The summed E-state index contributed by atoms with van der Waals surface area (Å²) in [4.78, 5) is 11.7. The zero-order valence-electron chi connectivity index (χ0n) is 9.15. The van der Waals surface area contributed by atoms with E-state index in [9.17, 15) is 4.79 Å². The summed E-state index contributed by atoms with van der Waals surface area (Å²) in [6, 6.07) is 0. The molecular weight excluding hydrogens is 192 g/mol. The number of fused-ring (bicyclic) bond motifs is 2. The smallest absolute Gasteiger partial charge is 0.335 e. The lowest BCUT2D eigenvalue weighted by Crippen LogP contribution is -2.43. The molecule has 1 saturated heterocycles. The van der Waals surface area contributed by atoms with Gasteiger partial charge in [-0.1, -0.05) is 25.5 Å². The number of unbranched alkanes of at least 4 members (excludes halogenated alkanes) is 1. The van der Waals surface area contributed by atoms with Crippen LogP contribution in [0.15, 0.2) is 12.2 Å². The molecule has 0 radical (unpaired) electrons. The average Bonchev–Trinajstić information content (AvgIpc) is 2.30. The van der Waals surface area contributed by atoms with Gasteiger partial charge in [0.05, 0.1) is 12.7 Å². The molecule has 15 heavy (non-hydrogen) atoms. The molecular formula is C12H18O3. The van der Waals surface area contributed by atoms with Crippen LogP contribution >= 0.6 is 0 Å². The number of esters is 1. The Kier molecular flexibility index (Phi) is 3.41. The molecule has 0 spiro atoms. The van der Waals surface area contributed by atoms with E-state index >= 15 is 0 Å². The second-order valence-electron chi connectivity index (χ2n) is 4.24. The summed E-state index contributed by atoms with van der Waals surface area (Å²) in [6.07, 6.45) is 8.03. The van der Waals surface area contributed by atoms with Gasteiger partial charge in [0.25, 0.3) is 0 Å². The van der Waals surface area contributed by atoms with Crippen LogP contribution in [0.25, 0.3) is 0 Å². The lowest BCUT2D eigenvalue weighted by molar-refractivity contribution is -0.169. The summed E-state index contributed by atoms with van der Waals surface area (Å²) in [5.74, 6) is 0.0617. The Bertz CT molecular complexity index is 260. The van der Waals surface area contributed by atoms with E-state index in [-0.39, 0.29) is 24.1 Å². The van der Waals surface area contributed by atoms with Crippen molar-refractivity contribution in [3.05, 3.63) is 12.2 Å². The monoisotopic (exact) mass is 210 g/mol. The van der Waals surface area contributed by atoms with Crippen molar-refractivity contribution in [2.75, 3.05) is 6.61 Å². The molecule has 0 saturated carbocycles. The predicted octanol–water partition coefficient (Wildman–Crippen LogP) is 2.06. The van der Waals surface area contributed by atoms with Crippen LogP contribution in [0.4, 0.5) is 0 Å². The van der Waals surface area contributed by atoms with Crippen molar-refractivity contribution < 1.29 is 14.3 Å². The minimum Gasteiger partial charge on any atom is -0.464 e. The molecule has 1 fully saturated rings. The standard InChI is InChI=1S/C12H18O3/c1-2-3-8-14-12(13)11-9-4-6-10(15-11)7-5-9/h4,6,9-11H,2-3,5,7-8H2,1H3/t9-,10+,11+/m0/s1. The Balaban J connectivity index is 1.84. The fraction of sp³-hybridized carbons (Fsp3) is 0.750. The summed E-state index contributed by atoms with van der Waals surface area (Å²) in [5.41, 5.74) is 0. The zero-order chi connectivity index (χ0) is 10.7. The van der Waals surface area contributed by atoms with Gasteiger partial charge in [-0.3, -0.25) is 0 Å². The van der Waals surface area contributed by atoms with Crippen LogP contribution in [0.3, 0.4) is 0 Å². The van der Waals surface area contributed by atoms with Crippen molar-refractivity contribution in [1.82, 2.24) is 0 Å². The van der Waals surface area contributed by atoms with E-state index in [0.717, 1.165) is 25.7 Å². The third-order valence-electron chi connectivity index (χ3n) is 3.04. The first-order valence-electron chi connectivity index (χ1n) is 5.81. The van der Waals surface area contributed by atoms with E-state index in [0.29, 0.717) is 6.61 Å². The number of carbonyl (C=O) groups is 1. The van der Waals surface area contributed by atoms with Gasteiger partial charge in [0.15, 0.2) is 6.10 Å². The number of hydrogen-bond donors (Lipinski definition) is 0. The van der Waals surface area contributed by atoms with Crippen LogP contribution in [-0.4, -0.2) is 24.8 Å². The zero-order valence-corrected chi connectivity index (χ0v) is 9.15. The van der Waals surface area contributed by atoms with Crippen molar-refractivity contribution in [2.45, 2.75) is 44.8 Å². The third-order valence-corrected chi connectivity index (χ3v) is 3.04. The summed E-state index contributed by atoms with van der Waals surface area (Å²) in [5, 5.41) is 0. The maximum absolute atomic E-state index is 11.7. The van der Waals surface area contributed by atoms with Crippen LogP contribution in [0.1, 0.15) is 32.6 Å². The minimum atomic E-state index is -0.342. The maximum Gasteiger partial charge on any atom is 0.335 e. The molecule has 0 unspecified atom stereocenters. The van der Waals surface area contributed by atoms with Crippen molar-refractivity contribution in [1.29, 1.82) is 0 Å². The molecule has 0 amide bonds. The van der Waals surface area contributed by atoms with Crippen molar-refractivity contribution in [3.8, 4) is 0 Å². The first kappa shape index (κ1) is 10.7. The van der Waals surface area contributed by atoms with Crippen LogP contribution in [0.5, 0.6) is 0 Å². The van der Waals surface area contributed by atoms with Gasteiger partial charge in [-0.2, -0.15) is 0 Å². The van der Waals surface area contributed by atoms with E-state index in [2.05, 4.69) is 19.1 Å². The van der Waals surface area contributed by atoms with Crippen LogP contribution < -0.4 is 0 Å². The Morgan fingerprint density at radius 1 is 1.47 bits per heavy atom. The summed E-state index contributed by atoms with van der Waals surface area (Å²) >= 11 is 0. The molecule has 3 rings (SSSR count). The largest absolute Gasteiger partial charge is 0.464 e. The molecule has 0 N–H and O–H groups in total. The molecule has 0 aromatic carbocycles. The molecule has 84 valence electrons. The number of carbonyl (C=O) groups excluding carboxylic acids is 1. The van der Waals surface area contributed by atoms with Gasteiger partial charge in [0.1, 0.15) is 0 Å². The quantitative estimate of drug-likeness (QED) is 0.405. The van der Waals surface area contributed by atoms with Crippen LogP contribution in [-0.2, 0) is 14.3 Å². The van der Waals surface area contributed by atoms with Gasteiger partial charge in [-0.15, -0.1) is 0 Å². The fourth-order valence-electron chi connectivity index (χ4n) is 2.10. The highest BCUT2D eigenvalue weighted by molar-refractivity contribution is 5.75. The Hall–Kier alpha value is -0.830. The summed E-state index contributed by atoms with van der Waals surface area (Å²) in [7, 11) is 0. The van der Waals surface area contributed by atoms with E-state index < -0.39 is 0 Å². The fourth-order valence-corrected chi connectivity index (χ4v) is 2.10. The molecule has 3 atom stereocenters. The van der Waals surface area contributed by atoms with E-state index in [1.165, 1.54) is 0 Å². The second kappa shape index (κ2) is 4.79. The number of hydrogen-bond acceptors (Lipinski definition) is 3. The van der Waals surface area contributed by atoms with Gasteiger partial charge in [-0.25, -0.2) is 4.79 Å². The molecule has 0 aromatic heterocycles. The lowest BCUT2D eigenvalue weighted by atomic mass is 9.86. The normalized spacial score (nSPS) is 33.0. The molecule has 3 nitrogen and oxygen atoms in total. The van der Waals surface area contributed by atoms with Gasteiger partial charge in [0.2, 0.25) is 0 Å². The lowest BCUT2D eigenvalue weighted by Gasteiger charge is -2.36. The predicted molar refractivity (Wildman–Crippen MR) is 56.4 cm³/mol. The van der Waals surface area contributed by atoms with Gasteiger partial charge < -0.3 is 9.47 Å². The maximum atomic E-state index is 11.7. The van der Waals surface area contributed by atoms with Crippen molar-refractivity contribution in [3.63, 3.8) is 0 Å². The molecule has 3 aliphatic rings. The van der Waals surface area contributed by atoms with Crippen molar-refractivity contribution >= 4 is 5.97 Å². The molecule has 2 heterocycles. The van der Waals surface area contributed by atoms with Crippen LogP contribution in [0.2, 0.25) is 0 Å². The van der Waals surface area contributed by atoms with Gasteiger partial charge in [-0.05, 0) is 19.3 Å². The second-order valence-corrected chi connectivity index (χ2v) is 4.24. The van der Waals surface area contributed by atoms with Gasteiger partial charge in [0, 0.05) is 5.92 Å². The topological polar surface area (TPSA) is 35.5 Å². The highest BCUT2D eigenvalue weighted by Crippen LogP contribution is 2.32. The average molecular weight is 210 g/mol. The van der Waals surface area contributed by atoms with Gasteiger partial charge >= 0.3 is 5.97 Å². The van der Waals surface area contributed by atoms with Crippen LogP contribution in [0, 0.1) is 5.92 Å². The Morgan fingerprint density at radius 2 is 2.33 bits per heavy atom. The highest BCUT2D eigenvalue weighted by atomic mass is 16.6. The van der Waals surface area contributed by atoms with Crippen molar-refractivity contribution in [2.24, 2.45) is 5.92 Å². The van der Waals surface area contributed by atoms with E-state index in [4.69, 9.17) is 9.47 Å².